The van der Waals surface area contributed by atoms with E-state index in [1.54, 1.807) is 11.5 Å². The number of para-hydroxylation sites is 1. The molecule has 21 heavy (non-hydrogen) atoms. The highest BCUT2D eigenvalue weighted by molar-refractivity contribution is 7.20. The van der Waals surface area contributed by atoms with E-state index < -0.39 is 5.91 Å². The number of carbonyl (C=O) groups is 1. The molecule has 0 bridgehead atoms. The molecule has 2 aromatic carbocycles. The molecule has 0 radical (unpaired) electrons. The van der Waals surface area contributed by atoms with Crippen molar-refractivity contribution in [3.05, 3.63) is 65.0 Å². The molecule has 4 nitrogen and oxygen atoms in total. The van der Waals surface area contributed by atoms with Crippen LogP contribution in [-0.2, 0) is 6.54 Å². The molecule has 0 saturated heterocycles. The van der Waals surface area contributed by atoms with Crippen molar-refractivity contribution < 1.29 is 10.0 Å². The molecule has 0 aliphatic rings. The van der Waals surface area contributed by atoms with Crippen LogP contribution >= 0.6 is 11.3 Å². The zero-order valence-electron chi connectivity index (χ0n) is 11.2. The Morgan fingerprint density at radius 3 is 2.67 bits per heavy atom. The molecule has 0 aliphatic carbocycles. The lowest BCUT2D eigenvalue weighted by Crippen LogP contribution is -2.16. The highest BCUT2D eigenvalue weighted by Crippen LogP contribution is 2.26. The van der Waals surface area contributed by atoms with Gasteiger partial charge in [0.15, 0.2) is 0 Å². The summed E-state index contributed by atoms with van der Waals surface area (Å²) < 4.78 is 1.03. The Bertz CT molecular complexity index is 768. The van der Waals surface area contributed by atoms with Crippen LogP contribution < -0.4 is 10.8 Å². The molecule has 3 rings (SSSR count). The van der Waals surface area contributed by atoms with Gasteiger partial charge in [-0.25, -0.2) is 5.48 Å². The summed E-state index contributed by atoms with van der Waals surface area (Å²) in [4.78, 5) is 11.9. The number of hydrogen-bond acceptors (Lipinski definition) is 4. The highest BCUT2D eigenvalue weighted by atomic mass is 32.1. The molecule has 1 aromatic heterocycles. The predicted octanol–water partition coefficient (Wildman–Crippen LogP) is 3.63. The number of amides is 1. The van der Waals surface area contributed by atoms with Crippen molar-refractivity contribution in [1.29, 1.82) is 0 Å². The second kappa shape index (κ2) is 5.95. The van der Waals surface area contributed by atoms with E-state index >= 15 is 0 Å². The van der Waals surface area contributed by atoms with E-state index in [1.165, 1.54) is 11.3 Å². The third kappa shape index (κ3) is 3.04. The fourth-order valence-electron chi connectivity index (χ4n) is 2.13. The van der Waals surface area contributed by atoms with Gasteiger partial charge in [-0.3, -0.25) is 10.0 Å². The van der Waals surface area contributed by atoms with Crippen molar-refractivity contribution in [2.24, 2.45) is 0 Å². The SMILES string of the molecule is O=C(NO)c1cc2cc(CNc3ccccc3)ccc2s1. The molecule has 0 saturated carbocycles. The van der Waals surface area contributed by atoms with Crippen LogP contribution in [0.2, 0.25) is 0 Å². The van der Waals surface area contributed by atoms with Crippen molar-refractivity contribution in [1.82, 2.24) is 5.48 Å². The smallest absolute Gasteiger partial charge is 0.284 e. The zero-order valence-corrected chi connectivity index (χ0v) is 12.0. The lowest BCUT2D eigenvalue weighted by Gasteiger charge is -2.06. The summed E-state index contributed by atoms with van der Waals surface area (Å²) in [7, 11) is 0. The first-order chi connectivity index (χ1) is 10.3. The first-order valence-electron chi connectivity index (χ1n) is 6.52. The van der Waals surface area contributed by atoms with Gasteiger partial charge in [-0.05, 0) is 41.3 Å². The molecule has 1 amide bonds. The van der Waals surface area contributed by atoms with Crippen LogP contribution in [0.3, 0.4) is 0 Å². The zero-order chi connectivity index (χ0) is 14.7. The van der Waals surface area contributed by atoms with E-state index in [2.05, 4.69) is 11.4 Å². The number of nitrogens with one attached hydrogen (secondary N) is 2. The Balaban J connectivity index is 1.79. The summed E-state index contributed by atoms with van der Waals surface area (Å²) in [5.74, 6) is -0.472. The number of rotatable bonds is 4. The van der Waals surface area contributed by atoms with Crippen LogP contribution in [0.1, 0.15) is 15.2 Å². The van der Waals surface area contributed by atoms with E-state index in [9.17, 15) is 4.79 Å². The Morgan fingerprint density at radius 2 is 1.90 bits per heavy atom. The minimum Gasteiger partial charge on any atom is -0.381 e. The van der Waals surface area contributed by atoms with Crippen molar-refractivity contribution >= 4 is 33.0 Å². The van der Waals surface area contributed by atoms with E-state index in [-0.39, 0.29) is 0 Å². The topological polar surface area (TPSA) is 61.4 Å². The van der Waals surface area contributed by atoms with Crippen LogP contribution in [0.15, 0.2) is 54.6 Å². The van der Waals surface area contributed by atoms with Crippen LogP contribution in [0.5, 0.6) is 0 Å². The van der Waals surface area contributed by atoms with Gasteiger partial charge >= 0.3 is 0 Å². The van der Waals surface area contributed by atoms with Gasteiger partial charge in [0, 0.05) is 16.9 Å². The fourth-order valence-corrected chi connectivity index (χ4v) is 3.06. The van der Waals surface area contributed by atoms with Gasteiger partial charge in [0.2, 0.25) is 0 Å². The van der Waals surface area contributed by atoms with Crippen LogP contribution in [-0.4, -0.2) is 11.1 Å². The van der Waals surface area contributed by atoms with Crippen molar-refractivity contribution in [2.75, 3.05) is 5.32 Å². The molecule has 3 N–H and O–H groups in total. The second-order valence-electron chi connectivity index (χ2n) is 4.64. The third-order valence-electron chi connectivity index (χ3n) is 3.18. The Morgan fingerprint density at radius 1 is 1.10 bits per heavy atom. The normalized spacial score (nSPS) is 10.5. The summed E-state index contributed by atoms with van der Waals surface area (Å²) in [6.45, 7) is 0.720. The predicted molar refractivity (Wildman–Crippen MR) is 84.8 cm³/mol. The van der Waals surface area contributed by atoms with Gasteiger partial charge < -0.3 is 5.32 Å². The van der Waals surface area contributed by atoms with Gasteiger partial charge in [-0.1, -0.05) is 24.3 Å². The molecular weight excluding hydrogens is 284 g/mol. The lowest BCUT2D eigenvalue weighted by molar-refractivity contribution is 0.0711. The van der Waals surface area contributed by atoms with Crippen LogP contribution in [0, 0.1) is 0 Å². The van der Waals surface area contributed by atoms with E-state index in [0.717, 1.165) is 27.9 Å². The number of thiophene rings is 1. The molecule has 0 unspecified atom stereocenters. The molecule has 0 atom stereocenters. The van der Waals surface area contributed by atoms with E-state index in [0.29, 0.717) is 4.88 Å². The first-order valence-corrected chi connectivity index (χ1v) is 7.34. The quantitative estimate of drug-likeness (QED) is 0.509. The highest BCUT2D eigenvalue weighted by Gasteiger charge is 2.09. The summed E-state index contributed by atoms with van der Waals surface area (Å²) in [5.41, 5.74) is 3.87. The molecule has 5 heteroatoms. The molecule has 0 fully saturated rings. The van der Waals surface area contributed by atoms with Gasteiger partial charge in [0.1, 0.15) is 0 Å². The van der Waals surface area contributed by atoms with Crippen molar-refractivity contribution in [3.63, 3.8) is 0 Å². The Labute approximate surface area is 126 Å². The average molecular weight is 298 g/mol. The molecule has 106 valence electrons. The molecule has 0 spiro atoms. The summed E-state index contributed by atoms with van der Waals surface area (Å²) in [5, 5.41) is 13.0. The number of carbonyl (C=O) groups excluding carboxylic acids is 1. The van der Waals surface area contributed by atoms with Crippen LogP contribution in [0.4, 0.5) is 5.69 Å². The third-order valence-corrected chi connectivity index (χ3v) is 4.29. The monoisotopic (exact) mass is 298 g/mol. The van der Waals surface area contributed by atoms with Crippen LogP contribution in [0.25, 0.3) is 10.1 Å². The largest absolute Gasteiger partial charge is 0.381 e. The molecule has 1 heterocycles. The number of anilines is 1. The Kier molecular flexibility index (Phi) is 3.85. The summed E-state index contributed by atoms with van der Waals surface area (Å²) >= 11 is 1.36. The second-order valence-corrected chi connectivity index (χ2v) is 5.73. The van der Waals surface area contributed by atoms with Crippen molar-refractivity contribution in [3.8, 4) is 0 Å². The molecule has 3 aromatic rings. The standard InChI is InChI=1S/C16H14N2O2S/c19-16(18-20)15-9-12-8-11(6-7-14(12)21-15)10-17-13-4-2-1-3-5-13/h1-9,17,20H,10H2,(H,18,19). The molecular formula is C16H14N2O2S. The van der Waals surface area contributed by atoms with E-state index in [1.807, 2.05) is 42.5 Å². The van der Waals surface area contributed by atoms with Gasteiger partial charge in [-0.15, -0.1) is 11.3 Å². The maximum absolute atomic E-state index is 11.4. The molecule has 0 aliphatic heterocycles. The Hall–Kier alpha value is -2.37. The van der Waals surface area contributed by atoms with Crippen molar-refractivity contribution in [2.45, 2.75) is 6.54 Å². The first kappa shape index (κ1) is 13.6. The lowest BCUT2D eigenvalue weighted by atomic mass is 10.1. The maximum atomic E-state index is 11.4. The van der Waals surface area contributed by atoms with Gasteiger partial charge in [-0.2, -0.15) is 0 Å². The van der Waals surface area contributed by atoms with Gasteiger partial charge in [0.25, 0.3) is 5.91 Å². The minimum atomic E-state index is -0.472. The number of benzene rings is 2. The summed E-state index contributed by atoms with van der Waals surface area (Å²) in [6, 6.07) is 17.9. The number of hydrogen-bond donors (Lipinski definition) is 3. The average Bonchev–Trinajstić information content (AvgIpc) is 2.96. The van der Waals surface area contributed by atoms with Gasteiger partial charge in [0.05, 0.1) is 4.88 Å². The summed E-state index contributed by atoms with van der Waals surface area (Å²) in [6.07, 6.45) is 0. The fraction of sp³-hybridized carbons (Fsp3) is 0.0625. The number of fused-ring (bicyclic) bond motifs is 1. The minimum absolute atomic E-state index is 0.472. The van der Waals surface area contributed by atoms with E-state index in [4.69, 9.17) is 5.21 Å². The number of hydroxylamine groups is 1. The maximum Gasteiger partial charge on any atom is 0.284 e.